The Kier molecular flexibility index (Phi) is 3.91. The second-order valence-electron chi connectivity index (χ2n) is 3.22. The molecule has 0 saturated heterocycles. The van der Waals surface area contributed by atoms with Crippen molar-refractivity contribution in [1.29, 1.82) is 0 Å². The van der Waals surface area contributed by atoms with E-state index in [-0.39, 0.29) is 10.9 Å². The van der Waals surface area contributed by atoms with E-state index >= 15 is 0 Å². The summed E-state index contributed by atoms with van der Waals surface area (Å²) in [6, 6.07) is 1.60. The fraction of sp³-hybridized carbons (Fsp3) is 0.400. The summed E-state index contributed by atoms with van der Waals surface area (Å²) in [7, 11) is 1.92. The van der Waals surface area contributed by atoms with Crippen LogP contribution in [-0.4, -0.2) is 34.9 Å². The van der Waals surface area contributed by atoms with Crippen LogP contribution in [0.2, 0.25) is 5.02 Å². The zero-order valence-electron chi connectivity index (χ0n) is 9.03. The first-order valence-electron chi connectivity index (χ1n) is 4.65. The molecule has 1 N–H and O–H groups in total. The Balaban J connectivity index is 2.95. The molecular formula is C10H14ClN3O. The minimum atomic E-state index is -0.156. The van der Waals surface area contributed by atoms with Gasteiger partial charge in [0.05, 0.1) is 17.7 Å². The van der Waals surface area contributed by atoms with Crippen LogP contribution in [0.3, 0.4) is 0 Å². The van der Waals surface area contributed by atoms with Crippen molar-refractivity contribution >= 4 is 23.6 Å². The van der Waals surface area contributed by atoms with Gasteiger partial charge in [0.1, 0.15) is 5.02 Å². The Morgan fingerprint density at radius 2 is 2.33 bits per heavy atom. The highest BCUT2D eigenvalue weighted by Crippen LogP contribution is 2.27. The monoisotopic (exact) mass is 227 g/mol. The van der Waals surface area contributed by atoms with Gasteiger partial charge in [-0.1, -0.05) is 11.6 Å². The Morgan fingerprint density at radius 1 is 1.67 bits per heavy atom. The Morgan fingerprint density at radius 3 is 2.93 bits per heavy atom. The zero-order chi connectivity index (χ0) is 11.4. The molecule has 1 heterocycles. The number of aromatic hydroxyl groups is 1. The normalized spacial score (nSPS) is 10.9. The van der Waals surface area contributed by atoms with Crippen molar-refractivity contribution in [3.05, 3.63) is 16.8 Å². The summed E-state index contributed by atoms with van der Waals surface area (Å²) in [5.74, 6) is -0.156. The van der Waals surface area contributed by atoms with Crippen molar-refractivity contribution in [2.24, 2.45) is 4.99 Å². The summed E-state index contributed by atoms with van der Waals surface area (Å²) < 4.78 is 0. The number of aryl methyl sites for hydroxylation is 1. The maximum Gasteiger partial charge on any atom is 0.230 e. The molecule has 82 valence electrons. The van der Waals surface area contributed by atoms with Crippen LogP contribution in [0, 0.1) is 6.92 Å². The third-order valence-corrected chi connectivity index (χ3v) is 2.29. The summed E-state index contributed by atoms with van der Waals surface area (Å²) in [5.41, 5.74) is 1.32. The highest BCUT2D eigenvalue weighted by Gasteiger charge is 2.04. The maximum atomic E-state index is 9.24. The lowest BCUT2D eigenvalue weighted by molar-refractivity contribution is 0.452. The average Bonchev–Trinajstić information content (AvgIpc) is 2.21. The van der Waals surface area contributed by atoms with Gasteiger partial charge in [-0.05, 0) is 19.9 Å². The lowest BCUT2D eigenvalue weighted by Gasteiger charge is -2.08. The molecule has 1 rings (SSSR count). The minimum absolute atomic E-state index is 0.156. The Bertz CT molecular complexity index is 379. The number of aromatic nitrogens is 1. The Hall–Kier alpha value is -1.29. The Labute approximate surface area is 94.2 Å². The summed E-state index contributed by atoms with van der Waals surface area (Å²) >= 11 is 5.73. The molecule has 0 spiro atoms. The topological polar surface area (TPSA) is 48.7 Å². The number of nitrogens with zero attached hydrogens (tertiary/aromatic N) is 3. The standard InChI is InChI=1S/C10H14ClN3O/c1-4-14(3)6-12-9-5-8(11)10(15)13-7(9)2/h5-6H,4H2,1-3H3,(H,13,15)/b12-6-. The van der Waals surface area contributed by atoms with Crippen LogP contribution in [0.1, 0.15) is 12.6 Å². The van der Waals surface area contributed by atoms with Crippen LogP contribution >= 0.6 is 11.6 Å². The van der Waals surface area contributed by atoms with Gasteiger partial charge in [-0.25, -0.2) is 9.98 Å². The second-order valence-corrected chi connectivity index (χ2v) is 3.62. The molecule has 1 aromatic rings. The van der Waals surface area contributed by atoms with Gasteiger partial charge in [-0.3, -0.25) is 0 Å². The molecule has 5 heteroatoms. The van der Waals surface area contributed by atoms with Crippen LogP contribution in [0.15, 0.2) is 11.1 Å². The minimum Gasteiger partial charge on any atom is -0.492 e. The summed E-state index contributed by atoms with van der Waals surface area (Å²) in [6.07, 6.45) is 1.71. The first-order valence-corrected chi connectivity index (χ1v) is 5.03. The fourth-order valence-corrected chi connectivity index (χ4v) is 1.08. The molecule has 0 radical (unpaired) electrons. The lowest BCUT2D eigenvalue weighted by atomic mass is 10.3. The van der Waals surface area contributed by atoms with Crippen molar-refractivity contribution in [3.63, 3.8) is 0 Å². The van der Waals surface area contributed by atoms with Crippen LogP contribution in [-0.2, 0) is 0 Å². The van der Waals surface area contributed by atoms with Gasteiger partial charge in [0.15, 0.2) is 0 Å². The number of halogens is 1. The van der Waals surface area contributed by atoms with Crippen molar-refractivity contribution in [2.45, 2.75) is 13.8 Å². The molecule has 1 aromatic heterocycles. The molecule has 0 aliphatic carbocycles. The second kappa shape index (κ2) is 4.98. The van der Waals surface area contributed by atoms with E-state index in [1.807, 2.05) is 18.9 Å². The smallest absolute Gasteiger partial charge is 0.230 e. The van der Waals surface area contributed by atoms with Gasteiger partial charge < -0.3 is 10.0 Å². The maximum absolute atomic E-state index is 9.24. The molecule has 0 aliphatic heterocycles. The van der Waals surface area contributed by atoms with Gasteiger partial charge in [0.25, 0.3) is 0 Å². The molecule has 0 amide bonds. The van der Waals surface area contributed by atoms with Gasteiger partial charge >= 0.3 is 0 Å². The molecule has 4 nitrogen and oxygen atoms in total. The van der Waals surface area contributed by atoms with E-state index in [1.54, 1.807) is 19.3 Å². The van der Waals surface area contributed by atoms with E-state index < -0.39 is 0 Å². The molecule has 15 heavy (non-hydrogen) atoms. The van der Waals surface area contributed by atoms with E-state index in [2.05, 4.69) is 9.98 Å². The first kappa shape index (κ1) is 11.8. The van der Waals surface area contributed by atoms with E-state index in [0.29, 0.717) is 11.4 Å². The van der Waals surface area contributed by atoms with Crippen molar-refractivity contribution in [1.82, 2.24) is 9.88 Å². The molecule has 0 atom stereocenters. The molecule has 0 aromatic carbocycles. The molecule has 0 bridgehead atoms. The van der Waals surface area contributed by atoms with E-state index in [9.17, 15) is 5.11 Å². The van der Waals surface area contributed by atoms with Gasteiger partial charge in [-0.2, -0.15) is 0 Å². The predicted molar refractivity (Wildman–Crippen MR) is 62.1 cm³/mol. The molecule has 0 fully saturated rings. The largest absolute Gasteiger partial charge is 0.492 e. The average molecular weight is 228 g/mol. The third-order valence-electron chi connectivity index (χ3n) is 2.01. The van der Waals surface area contributed by atoms with Gasteiger partial charge in [0, 0.05) is 13.6 Å². The van der Waals surface area contributed by atoms with Crippen LogP contribution in [0.25, 0.3) is 0 Å². The van der Waals surface area contributed by atoms with E-state index in [4.69, 9.17) is 11.6 Å². The molecule has 0 unspecified atom stereocenters. The first-order chi connectivity index (χ1) is 7.04. The van der Waals surface area contributed by atoms with Crippen LogP contribution in [0.5, 0.6) is 5.88 Å². The molecule has 0 aliphatic rings. The van der Waals surface area contributed by atoms with Crippen LogP contribution in [0.4, 0.5) is 5.69 Å². The van der Waals surface area contributed by atoms with Gasteiger partial charge in [-0.15, -0.1) is 0 Å². The fourth-order valence-electron chi connectivity index (χ4n) is 0.932. The number of hydrogen-bond donors (Lipinski definition) is 1. The zero-order valence-corrected chi connectivity index (χ0v) is 9.78. The molecule has 0 saturated carbocycles. The SMILES string of the molecule is CCN(C)/C=N\c1cc(Cl)c(O)nc1C. The number of rotatable bonds is 3. The van der Waals surface area contributed by atoms with Crippen molar-refractivity contribution in [2.75, 3.05) is 13.6 Å². The van der Waals surface area contributed by atoms with Crippen molar-refractivity contribution < 1.29 is 5.11 Å². The lowest BCUT2D eigenvalue weighted by Crippen LogP contribution is -2.14. The predicted octanol–water partition coefficient (Wildman–Crippen LogP) is 2.36. The number of aliphatic imine (C=N–C) groups is 1. The van der Waals surface area contributed by atoms with E-state index in [0.717, 1.165) is 6.54 Å². The summed E-state index contributed by atoms with van der Waals surface area (Å²) in [6.45, 7) is 4.68. The number of pyridine rings is 1. The summed E-state index contributed by atoms with van der Waals surface area (Å²) in [5, 5.41) is 9.46. The highest BCUT2D eigenvalue weighted by atomic mass is 35.5. The van der Waals surface area contributed by atoms with Crippen molar-refractivity contribution in [3.8, 4) is 5.88 Å². The van der Waals surface area contributed by atoms with Gasteiger partial charge in [0.2, 0.25) is 5.88 Å². The van der Waals surface area contributed by atoms with Crippen LogP contribution < -0.4 is 0 Å². The summed E-state index contributed by atoms with van der Waals surface area (Å²) in [4.78, 5) is 10.0. The molecular weight excluding hydrogens is 214 g/mol. The highest BCUT2D eigenvalue weighted by molar-refractivity contribution is 6.32. The van der Waals surface area contributed by atoms with E-state index in [1.165, 1.54) is 0 Å². The quantitative estimate of drug-likeness (QED) is 0.637. The number of hydrogen-bond acceptors (Lipinski definition) is 3. The third kappa shape index (κ3) is 3.09.